The van der Waals surface area contributed by atoms with Crippen molar-refractivity contribution < 1.29 is 4.79 Å². The van der Waals surface area contributed by atoms with E-state index in [9.17, 15) is 4.79 Å². The normalized spacial score (nSPS) is 10.6. The van der Waals surface area contributed by atoms with E-state index in [-0.39, 0.29) is 5.91 Å². The van der Waals surface area contributed by atoms with Gasteiger partial charge in [0.2, 0.25) is 5.91 Å². The van der Waals surface area contributed by atoms with E-state index in [1.807, 2.05) is 42.7 Å². The molecule has 0 saturated carbocycles. The number of nitrogens with one attached hydrogen (secondary N) is 1. The van der Waals surface area contributed by atoms with Crippen molar-refractivity contribution in [1.82, 2.24) is 14.8 Å². The number of nitrogens with zero attached hydrogens (tertiary/aromatic N) is 3. The molecule has 2 aromatic rings. The Morgan fingerprint density at radius 1 is 1.40 bits per heavy atom. The molecule has 1 N–H and O–H groups in total. The zero-order chi connectivity index (χ0) is 14.5. The summed E-state index contributed by atoms with van der Waals surface area (Å²) < 4.78 is 3.01. The van der Waals surface area contributed by atoms with Crippen molar-refractivity contribution in [2.75, 3.05) is 11.1 Å². The molecule has 0 bridgehead atoms. The third kappa shape index (κ3) is 3.72. The minimum absolute atomic E-state index is 0.0394. The number of aryl methyl sites for hydroxylation is 1. The smallest absolute Gasteiger partial charge is 0.234 e. The Morgan fingerprint density at radius 3 is 2.85 bits per heavy atom. The molecule has 7 heteroatoms. The average Bonchev–Trinajstić information content (AvgIpc) is 2.79. The number of carbonyl (C=O) groups is 1. The van der Waals surface area contributed by atoms with Crippen molar-refractivity contribution in [3.05, 3.63) is 33.7 Å². The number of amides is 1. The van der Waals surface area contributed by atoms with Crippen molar-refractivity contribution in [2.24, 2.45) is 0 Å². The minimum Gasteiger partial charge on any atom is -0.324 e. The first kappa shape index (κ1) is 15.3. The highest BCUT2D eigenvalue weighted by atomic mass is 127. The third-order valence-electron chi connectivity index (χ3n) is 2.70. The fraction of sp³-hybridized carbons (Fsp3) is 0.308. The van der Waals surface area contributed by atoms with Gasteiger partial charge in [0.1, 0.15) is 5.82 Å². The molecule has 1 aromatic carbocycles. The monoisotopic (exact) mass is 402 g/mol. The number of aromatic nitrogens is 3. The van der Waals surface area contributed by atoms with Crippen LogP contribution in [0.2, 0.25) is 0 Å². The maximum Gasteiger partial charge on any atom is 0.234 e. The summed E-state index contributed by atoms with van der Waals surface area (Å²) in [6.45, 7) is 4.75. The van der Waals surface area contributed by atoms with E-state index in [2.05, 4.69) is 38.1 Å². The standard InChI is InChI=1S/C13H15IN4OS/c1-3-18-9(2)16-17-13(18)20-8-12(19)15-11-7-5-4-6-10(11)14/h4-7H,3,8H2,1-2H3,(H,15,19). The van der Waals surface area contributed by atoms with Gasteiger partial charge in [-0.1, -0.05) is 23.9 Å². The van der Waals surface area contributed by atoms with Gasteiger partial charge in [-0.15, -0.1) is 10.2 Å². The summed E-state index contributed by atoms with van der Waals surface area (Å²) in [5.41, 5.74) is 0.840. The second-order valence-corrected chi connectivity index (χ2v) is 6.20. The summed E-state index contributed by atoms with van der Waals surface area (Å²) in [6.07, 6.45) is 0. The Balaban J connectivity index is 1.94. The summed E-state index contributed by atoms with van der Waals surface area (Å²) in [5.74, 6) is 1.15. The number of anilines is 1. The van der Waals surface area contributed by atoms with Gasteiger partial charge < -0.3 is 9.88 Å². The first-order valence-electron chi connectivity index (χ1n) is 6.18. The molecule has 0 aliphatic carbocycles. The van der Waals surface area contributed by atoms with Crippen molar-refractivity contribution in [2.45, 2.75) is 25.5 Å². The van der Waals surface area contributed by atoms with Crippen LogP contribution in [0.1, 0.15) is 12.7 Å². The highest BCUT2D eigenvalue weighted by molar-refractivity contribution is 14.1. The van der Waals surface area contributed by atoms with Crippen molar-refractivity contribution in [1.29, 1.82) is 0 Å². The number of halogens is 1. The quantitative estimate of drug-likeness (QED) is 0.617. The number of para-hydroxylation sites is 1. The van der Waals surface area contributed by atoms with E-state index in [4.69, 9.17) is 0 Å². The largest absolute Gasteiger partial charge is 0.324 e. The van der Waals surface area contributed by atoms with Gasteiger partial charge in [0, 0.05) is 10.1 Å². The van der Waals surface area contributed by atoms with Crippen LogP contribution in [0.25, 0.3) is 0 Å². The lowest BCUT2D eigenvalue weighted by Crippen LogP contribution is -2.15. The average molecular weight is 402 g/mol. The van der Waals surface area contributed by atoms with Crippen molar-refractivity contribution >= 4 is 45.9 Å². The van der Waals surface area contributed by atoms with Crippen LogP contribution in [0.3, 0.4) is 0 Å². The van der Waals surface area contributed by atoms with E-state index < -0.39 is 0 Å². The van der Waals surface area contributed by atoms with E-state index in [1.54, 1.807) is 0 Å². The predicted octanol–water partition coefficient (Wildman–Crippen LogP) is 2.94. The van der Waals surface area contributed by atoms with Crippen LogP contribution in [-0.4, -0.2) is 26.4 Å². The summed E-state index contributed by atoms with van der Waals surface area (Å²) in [4.78, 5) is 12.0. The Kier molecular flexibility index (Phi) is 5.41. The molecule has 0 saturated heterocycles. The fourth-order valence-electron chi connectivity index (χ4n) is 1.71. The molecule has 1 aromatic heterocycles. The molecule has 2 rings (SSSR count). The molecular formula is C13H15IN4OS. The molecule has 0 aliphatic heterocycles. The number of thioether (sulfide) groups is 1. The number of hydrogen-bond acceptors (Lipinski definition) is 4. The zero-order valence-corrected chi connectivity index (χ0v) is 14.2. The van der Waals surface area contributed by atoms with Gasteiger partial charge in [0.15, 0.2) is 5.16 Å². The molecule has 106 valence electrons. The zero-order valence-electron chi connectivity index (χ0n) is 11.3. The molecule has 20 heavy (non-hydrogen) atoms. The topological polar surface area (TPSA) is 59.8 Å². The molecule has 5 nitrogen and oxygen atoms in total. The Labute approximate surface area is 135 Å². The number of benzene rings is 1. The maximum absolute atomic E-state index is 12.0. The number of carbonyl (C=O) groups excluding carboxylic acids is 1. The lowest BCUT2D eigenvalue weighted by atomic mass is 10.3. The molecule has 0 fully saturated rings. The van der Waals surface area contributed by atoms with E-state index in [1.165, 1.54) is 11.8 Å². The van der Waals surface area contributed by atoms with E-state index in [0.29, 0.717) is 5.75 Å². The summed E-state index contributed by atoms with van der Waals surface area (Å²) >= 11 is 3.60. The second-order valence-electron chi connectivity index (χ2n) is 4.09. The van der Waals surface area contributed by atoms with Crippen molar-refractivity contribution in [3.8, 4) is 0 Å². The lowest BCUT2D eigenvalue weighted by Gasteiger charge is -2.07. The molecule has 0 spiro atoms. The molecule has 0 radical (unpaired) electrons. The highest BCUT2D eigenvalue weighted by Crippen LogP contribution is 2.19. The molecule has 0 atom stereocenters. The molecular weight excluding hydrogens is 387 g/mol. The van der Waals surface area contributed by atoms with Crippen LogP contribution in [0, 0.1) is 10.5 Å². The van der Waals surface area contributed by atoms with Crippen LogP contribution in [0.5, 0.6) is 0 Å². The van der Waals surface area contributed by atoms with Gasteiger partial charge in [-0.25, -0.2) is 0 Å². The summed E-state index contributed by atoms with van der Waals surface area (Å²) in [7, 11) is 0. The highest BCUT2D eigenvalue weighted by Gasteiger charge is 2.11. The van der Waals surface area contributed by atoms with Gasteiger partial charge in [0.25, 0.3) is 0 Å². The second kappa shape index (κ2) is 7.07. The van der Waals surface area contributed by atoms with Gasteiger partial charge >= 0.3 is 0 Å². The lowest BCUT2D eigenvalue weighted by molar-refractivity contribution is -0.113. The number of hydrogen-bond donors (Lipinski definition) is 1. The van der Waals surface area contributed by atoms with Gasteiger partial charge in [-0.2, -0.15) is 0 Å². The Hall–Kier alpha value is -1.09. The molecule has 1 amide bonds. The SMILES string of the molecule is CCn1c(C)nnc1SCC(=O)Nc1ccccc1I. The van der Waals surface area contributed by atoms with E-state index in [0.717, 1.165) is 26.8 Å². The Morgan fingerprint density at radius 2 is 2.15 bits per heavy atom. The number of rotatable bonds is 5. The fourth-order valence-corrected chi connectivity index (χ4v) is 3.08. The van der Waals surface area contributed by atoms with Gasteiger partial charge in [-0.3, -0.25) is 4.79 Å². The van der Waals surface area contributed by atoms with Crippen LogP contribution in [-0.2, 0) is 11.3 Å². The van der Waals surface area contributed by atoms with Crippen LogP contribution < -0.4 is 5.32 Å². The molecule has 1 heterocycles. The van der Waals surface area contributed by atoms with Gasteiger partial charge in [-0.05, 0) is 48.6 Å². The third-order valence-corrected chi connectivity index (χ3v) is 4.61. The Bertz CT molecular complexity index is 614. The maximum atomic E-state index is 12.0. The summed E-state index contributed by atoms with van der Waals surface area (Å²) in [6, 6.07) is 7.70. The first-order valence-corrected chi connectivity index (χ1v) is 8.25. The van der Waals surface area contributed by atoms with Crippen LogP contribution >= 0.6 is 34.4 Å². The predicted molar refractivity (Wildman–Crippen MR) is 88.9 cm³/mol. The van der Waals surface area contributed by atoms with Crippen molar-refractivity contribution in [3.63, 3.8) is 0 Å². The molecule has 0 unspecified atom stereocenters. The van der Waals surface area contributed by atoms with E-state index >= 15 is 0 Å². The van der Waals surface area contributed by atoms with Crippen LogP contribution in [0.4, 0.5) is 5.69 Å². The molecule has 0 aliphatic rings. The first-order chi connectivity index (χ1) is 9.61. The minimum atomic E-state index is -0.0394. The van der Waals surface area contributed by atoms with Crippen LogP contribution in [0.15, 0.2) is 29.4 Å². The summed E-state index contributed by atoms with van der Waals surface area (Å²) in [5, 5.41) is 11.8. The van der Waals surface area contributed by atoms with Gasteiger partial charge in [0.05, 0.1) is 11.4 Å².